The van der Waals surface area contributed by atoms with Gasteiger partial charge in [-0.05, 0) is 36.8 Å². The number of ether oxygens (including phenoxy) is 1. The summed E-state index contributed by atoms with van der Waals surface area (Å²) in [5.41, 5.74) is 2.57. The first-order valence-corrected chi connectivity index (χ1v) is 5.97. The van der Waals surface area contributed by atoms with Crippen LogP contribution in [-0.2, 0) is 6.54 Å². The van der Waals surface area contributed by atoms with Crippen LogP contribution in [0.5, 0.6) is 5.75 Å². The van der Waals surface area contributed by atoms with Crippen LogP contribution in [0.2, 0.25) is 0 Å². The van der Waals surface area contributed by atoms with E-state index >= 15 is 0 Å². The van der Waals surface area contributed by atoms with E-state index in [0.29, 0.717) is 17.9 Å². The number of anilines is 1. The minimum absolute atomic E-state index is 0.615. The lowest BCUT2D eigenvalue weighted by Gasteiger charge is -2.07. The fourth-order valence-electron chi connectivity index (χ4n) is 1.76. The van der Waals surface area contributed by atoms with E-state index in [1.807, 2.05) is 31.2 Å². The van der Waals surface area contributed by atoms with Crippen LogP contribution >= 0.6 is 0 Å². The Kier molecular flexibility index (Phi) is 3.99. The van der Waals surface area contributed by atoms with Crippen molar-refractivity contribution < 1.29 is 4.74 Å². The van der Waals surface area contributed by atoms with Gasteiger partial charge in [0.15, 0.2) is 0 Å². The number of aromatic nitrogens is 1. The molecule has 0 saturated carbocycles. The number of nitrogens with one attached hydrogen (secondary N) is 1. The zero-order valence-electron chi connectivity index (χ0n) is 11.0. The zero-order valence-corrected chi connectivity index (χ0v) is 11.0. The number of hydrogen-bond donors (Lipinski definition) is 1. The quantitative estimate of drug-likeness (QED) is 0.910. The van der Waals surface area contributed by atoms with Crippen molar-refractivity contribution in [2.24, 2.45) is 0 Å². The fourth-order valence-corrected chi connectivity index (χ4v) is 1.76. The Hall–Kier alpha value is -2.54. The van der Waals surface area contributed by atoms with Gasteiger partial charge in [0, 0.05) is 12.2 Å². The standard InChI is InChI=1S/C15H15N3O/c1-11-7-13(9-16)8-15(18-11)17-10-12-3-5-14(19-2)6-4-12/h3-8H,10H2,1-2H3,(H,17,18). The van der Waals surface area contributed by atoms with Gasteiger partial charge in [-0.1, -0.05) is 12.1 Å². The number of nitrogens with zero attached hydrogens (tertiary/aromatic N) is 2. The summed E-state index contributed by atoms with van der Waals surface area (Å²) in [6.07, 6.45) is 0. The smallest absolute Gasteiger partial charge is 0.127 e. The Morgan fingerprint density at radius 1 is 1.26 bits per heavy atom. The number of hydrogen-bond acceptors (Lipinski definition) is 4. The molecule has 1 N–H and O–H groups in total. The van der Waals surface area contributed by atoms with E-state index < -0.39 is 0 Å². The van der Waals surface area contributed by atoms with Gasteiger partial charge in [-0.3, -0.25) is 0 Å². The molecule has 0 radical (unpaired) electrons. The summed E-state index contributed by atoms with van der Waals surface area (Å²) in [4.78, 5) is 4.34. The largest absolute Gasteiger partial charge is 0.497 e. The van der Waals surface area contributed by atoms with Gasteiger partial charge in [0.2, 0.25) is 0 Å². The third-order valence-corrected chi connectivity index (χ3v) is 2.72. The van der Waals surface area contributed by atoms with Gasteiger partial charge in [0.1, 0.15) is 11.6 Å². The summed E-state index contributed by atoms with van der Waals surface area (Å²) in [5.74, 6) is 1.55. The molecule has 0 atom stereocenters. The number of methoxy groups -OCH3 is 1. The van der Waals surface area contributed by atoms with Crippen molar-refractivity contribution in [1.29, 1.82) is 5.26 Å². The lowest BCUT2D eigenvalue weighted by Crippen LogP contribution is -2.02. The summed E-state index contributed by atoms with van der Waals surface area (Å²) in [7, 11) is 1.65. The van der Waals surface area contributed by atoms with Gasteiger partial charge < -0.3 is 10.1 Å². The summed E-state index contributed by atoms with van der Waals surface area (Å²) in [5, 5.41) is 12.1. The first-order chi connectivity index (χ1) is 9.21. The van der Waals surface area contributed by atoms with Crippen molar-refractivity contribution in [3.05, 3.63) is 53.2 Å². The molecule has 0 amide bonds. The second kappa shape index (κ2) is 5.87. The molecule has 4 nitrogen and oxygen atoms in total. The van der Waals surface area contributed by atoms with E-state index in [2.05, 4.69) is 16.4 Å². The lowest BCUT2D eigenvalue weighted by atomic mass is 10.2. The van der Waals surface area contributed by atoms with E-state index in [-0.39, 0.29) is 0 Å². The molecule has 0 fully saturated rings. The van der Waals surface area contributed by atoms with Gasteiger partial charge >= 0.3 is 0 Å². The van der Waals surface area contributed by atoms with Crippen LogP contribution in [-0.4, -0.2) is 12.1 Å². The van der Waals surface area contributed by atoms with Gasteiger partial charge in [-0.25, -0.2) is 4.98 Å². The van der Waals surface area contributed by atoms with Crippen LogP contribution in [0.1, 0.15) is 16.8 Å². The number of rotatable bonds is 4. The van der Waals surface area contributed by atoms with E-state index in [4.69, 9.17) is 10.00 Å². The van der Waals surface area contributed by atoms with Crippen LogP contribution in [0.3, 0.4) is 0 Å². The molecule has 96 valence electrons. The predicted octanol–water partition coefficient (Wildman–Crippen LogP) is 2.88. The normalized spacial score (nSPS) is 9.74. The summed E-state index contributed by atoms with van der Waals surface area (Å²) in [6.45, 7) is 2.53. The van der Waals surface area contributed by atoms with Crippen molar-refractivity contribution >= 4 is 5.82 Å². The fraction of sp³-hybridized carbons (Fsp3) is 0.200. The highest BCUT2D eigenvalue weighted by atomic mass is 16.5. The minimum atomic E-state index is 0.615. The maximum absolute atomic E-state index is 8.91. The van der Waals surface area contributed by atoms with Crippen molar-refractivity contribution in [3.8, 4) is 11.8 Å². The van der Waals surface area contributed by atoms with Crippen LogP contribution < -0.4 is 10.1 Å². The van der Waals surface area contributed by atoms with Crippen molar-refractivity contribution in [2.45, 2.75) is 13.5 Å². The summed E-state index contributed by atoms with van der Waals surface area (Å²) < 4.78 is 5.11. The third kappa shape index (κ3) is 3.46. The highest BCUT2D eigenvalue weighted by Crippen LogP contribution is 2.14. The van der Waals surface area contributed by atoms with Crippen LogP contribution in [0.4, 0.5) is 5.82 Å². The van der Waals surface area contributed by atoms with Gasteiger partial charge in [-0.2, -0.15) is 5.26 Å². The highest BCUT2D eigenvalue weighted by Gasteiger charge is 2.00. The molecule has 0 unspecified atom stereocenters. The molecule has 2 rings (SSSR count). The molecule has 0 aliphatic carbocycles. The molecule has 1 aromatic heterocycles. The lowest BCUT2D eigenvalue weighted by molar-refractivity contribution is 0.414. The first-order valence-electron chi connectivity index (χ1n) is 5.97. The molecule has 4 heteroatoms. The Morgan fingerprint density at radius 2 is 2.00 bits per heavy atom. The molecular weight excluding hydrogens is 238 g/mol. The molecule has 0 spiro atoms. The Bertz CT molecular complexity index is 600. The molecule has 0 aliphatic rings. The number of nitriles is 1. The maximum atomic E-state index is 8.91. The van der Waals surface area contributed by atoms with Crippen LogP contribution in [0.15, 0.2) is 36.4 Å². The average Bonchev–Trinajstić information content (AvgIpc) is 2.45. The Labute approximate surface area is 112 Å². The zero-order chi connectivity index (χ0) is 13.7. The molecule has 19 heavy (non-hydrogen) atoms. The maximum Gasteiger partial charge on any atom is 0.127 e. The number of benzene rings is 1. The summed E-state index contributed by atoms with van der Waals surface area (Å²) in [6, 6.07) is 13.5. The Morgan fingerprint density at radius 3 is 2.63 bits per heavy atom. The molecule has 0 saturated heterocycles. The van der Waals surface area contributed by atoms with Crippen LogP contribution in [0.25, 0.3) is 0 Å². The molecule has 0 aliphatic heterocycles. The van der Waals surface area contributed by atoms with Gasteiger partial charge in [0.05, 0.1) is 18.7 Å². The molecule has 1 aromatic carbocycles. The number of pyridine rings is 1. The van der Waals surface area contributed by atoms with Gasteiger partial charge in [0.25, 0.3) is 0 Å². The van der Waals surface area contributed by atoms with Crippen molar-refractivity contribution in [1.82, 2.24) is 4.98 Å². The van der Waals surface area contributed by atoms with E-state index in [0.717, 1.165) is 17.0 Å². The van der Waals surface area contributed by atoms with Crippen molar-refractivity contribution in [2.75, 3.05) is 12.4 Å². The molecular formula is C15H15N3O. The molecule has 0 bridgehead atoms. The van der Waals surface area contributed by atoms with Crippen molar-refractivity contribution in [3.63, 3.8) is 0 Å². The highest BCUT2D eigenvalue weighted by molar-refractivity contribution is 5.45. The number of aryl methyl sites for hydroxylation is 1. The predicted molar refractivity (Wildman–Crippen MR) is 74.0 cm³/mol. The van der Waals surface area contributed by atoms with E-state index in [1.54, 1.807) is 19.2 Å². The molecule has 2 aromatic rings. The first kappa shape index (κ1) is 12.9. The van der Waals surface area contributed by atoms with E-state index in [1.165, 1.54) is 0 Å². The molecule has 1 heterocycles. The third-order valence-electron chi connectivity index (χ3n) is 2.72. The summed E-state index contributed by atoms with van der Waals surface area (Å²) >= 11 is 0. The van der Waals surface area contributed by atoms with Gasteiger partial charge in [-0.15, -0.1) is 0 Å². The Balaban J connectivity index is 2.05. The minimum Gasteiger partial charge on any atom is -0.497 e. The average molecular weight is 253 g/mol. The van der Waals surface area contributed by atoms with E-state index in [9.17, 15) is 0 Å². The van der Waals surface area contributed by atoms with Crippen LogP contribution in [0, 0.1) is 18.3 Å². The monoisotopic (exact) mass is 253 g/mol. The second-order valence-electron chi connectivity index (χ2n) is 4.20. The second-order valence-corrected chi connectivity index (χ2v) is 4.20. The SMILES string of the molecule is COc1ccc(CNc2cc(C#N)cc(C)n2)cc1. The topological polar surface area (TPSA) is 57.9 Å².